The fraction of sp³-hybridized carbons (Fsp3) is 0.769. The number of hydrogen-bond donors (Lipinski definition) is 1. The molecule has 0 radical (unpaired) electrons. The van der Waals surface area contributed by atoms with Crippen LogP contribution in [-0.4, -0.2) is 41.6 Å². The van der Waals surface area contributed by atoms with E-state index in [1.807, 2.05) is 6.92 Å². The van der Waals surface area contributed by atoms with Gasteiger partial charge in [-0.25, -0.2) is 4.79 Å². The van der Waals surface area contributed by atoms with Crippen molar-refractivity contribution in [3.05, 3.63) is 0 Å². The second kappa shape index (κ2) is 8.63. The molecule has 0 aromatic rings. The number of carbonyl (C=O) groups is 3. The number of unbranched alkanes of at least 4 members (excludes halogenated alkanes) is 2. The van der Waals surface area contributed by atoms with Gasteiger partial charge in [-0.2, -0.15) is 0 Å². The molecular formula is C13H22O6. The van der Waals surface area contributed by atoms with Crippen LogP contribution in [0.4, 0.5) is 0 Å². The Morgan fingerprint density at radius 2 is 1.74 bits per heavy atom. The van der Waals surface area contributed by atoms with Gasteiger partial charge in [0.2, 0.25) is 5.60 Å². The third-order valence-corrected chi connectivity index (χ3v) is 2.61. The third-order valence-electron chi connectivity index (χ3n) is 2.61. The zero-order valence-electron chi connectivity index (χ0n) is 11.7. The minimum absolute atomic E-state index is 0.0139. The topological polar surface area (TPSA) is 89.9 Å². The molecule has 19 heavy (non-hydrogen) atoms. The van der Waals surface area contributed by atoms with E-state index in [-0.39, 0.29) is 13.2 Å². The van der Waals surface area contributed by atoms with E-state index in [1.165, 1.54) is 0 Å². The molecule has 6 heteroatoms. The molecule has 0 saturated heterocycles. The summed E-state index contributed by atoms with van der Waals surface area (Å²) in [5.41, 5.74) is -2.45. The molecule has 0 aromatic heterocycles. The second-order valence-electron chi connectivity index (χ2n) is 4.24. The lowest BCUT2D eigenvalue weighted by Crippen LogP contribution is -2.48. The Balaban J connectivity index is 4.46. The van der Waals surface area contributed by atoms with Crippen LogP contribution in [0.1, 0.15) is 46.5 Å². The van der Waals surface area contributed by atoms with Crippen molar-refractivity contribution in [3.8, 4) is 0 Å². The van der Waals surface area contributed by atoms with E-state index in [2.05, 4.69) is 4.74 Å². The fourth-order valence-electron chi connectivity index (χ4n) is 1.39. The average molecular weight is 274 g/mol. The number of ether oxygens (including phenoxy) is 2. The zero-order valence-corrected chi connectivity index (χ0v) is 11.7. The maximum Gasteiger partial charge on any atom is 0.346 e. The predicted octanol–water partition coefficient (Wildman–Crippen LogP) is 0.993. The highest BCUT2D eigenvalue weighted by atomic mass is 16.6. The van der Waals surface area contributed by atoms with E-state index in [4.69, 9.17) is 4.74 Å². The minimum atomic E-state index is -2.45. The van der Waals surface area contributed by atoms with Crippen LogP contribution in [0.5, 0.6) is 0 Å². The molecule has 1 atom stereocenters. The Kier molecular flexibility index (Phi) is 7.98. The first-order valence-electron chi connectivity index (χ1n) is 6.44. The molecule has 6 nitrogen and oxygen atoms in total. The molecule has 1 unspecified atom stereocenters. The van der Waals surface area contributed by atoms with Gasteiger partial charge < -0.3 is 14.6 Å². The van der Waals surface area contributed by atoms with E-state index in [9.17, 15) is 19.5 Å². The summed E-state index contributed by atoms with van der Waals surface area (Å²) in [6.07, 6.45) is 1.90. The van der Waals surface area contributed by atoms with Gasteiger partial charge in [-0.1, -0.05) is 19.8 Å². The summed E-state index contributed by atoms with van der Waals surface area (Å²) in [6, 6.07) is 0. The number of rotatable bonds is 9. The highest BCUT2D eigenvalue weighted by Crippen LogP contribution is 2.15. The molecule has 0 spiro atoms. The van der Waals surface area contributed by atoms with Gasteiger partial charge in [-0.3, -0.25) is 9.59 Å². The van der Waals surface area contributed by atoms with E-state index in [0.29, 0.717) is 6.42 Å². The van der Waals surface area contributed by atoms with Crippen LogP contribution in [0.25, 0.3) is 0 Å². The van der Waals surface area contributed by atoms with Crippen LogP contribution < -0.4 is 0 Å². The van der Waals surface area contributed by atoms with Gasteiger partial charge in [-0.05, 0) is 20.3 Å². The van der Waals surface area contributed by atoms with Crippen LogP contribution in [0.15, 0.2) is 0 Å². The maximum absolute atomic E-state index is 11.5. The van der Waals surface area contributed by atoms with Gasteiger partial charge >= 0.3 is 11.9 Å². The van der Waals surface area contributed by atoms with Gasteiger partial charge in [0.25, 0.3) is 0 Å². The van der Waals surface area contributed by atoms with E-state index < -0.39 is 29.7 Å². The Labute approximate surface area is 113 Å². The largest absolute Gasteiger partial charge is 0.466 e. The molecule has 0 fully saturated rings. The molecule has 0 heterocycles. The summed E-state index contributed by atoms with van der Waals surface area (Å²) in [6.45, 7) is 4.81. The Hall–Kier alpha value is -1.43. The summed E-state index contributed by atoms with van der Waals surface area (Å²) >= 11 is 0. The molecule has 0 aromatic carbocycles. The van der Waals surface area contributed by atoms with Gasteiger partial charge in [0.1, 0.15) is 0 Å². The average Bonchev–Trinajstić information content (AvgIpc) is 2.34. The van der Waals surface area contributed by atoms with Gasteiger partial charge in [-0.15, -0.1) is 0 Å². The van der Waals surface area contributed by atoms with Crippen molar-refractivity contribution in [1.29, 1.82) is 0 Å². The zero-order chi connectivity index (χ0) is 14.9. The molecule has 0 saturated carbocycles. The Bertz CT molecular complexity index is 325. The van der Waals surface area contributed by atoms with Crippen molar-refractivity contribution in [3.63, 3.8) is 0 Å². The third kappa shape index (κ3) is 5.83. The standard InChI is InChI=1S/C13H22O6/c1-4-6-7-8-19-11(15)9-13(17,10(3)14)12(16)18-5-2/h17H,4-9H2,1-3H3. The van der Waals surface area contributed by atoms with E-state index >= 15 is 0 Å². The second-order valence-corrected chi connectivity index (χ2v) is 4.24. The molecule has 0 amide bonds. The van der Waals surface area contributed by atoms with Gasteiger partial charge in [0.15, 0.2) is 5.78 Å². The first-order chi connectivity index (χ1) is 8.88. The SMILES string of the molecule is CCCCCOC(=O)CC(O)(C(C)=O)C(=O)OCC. The van der Waals surface area contributed by atoms with Crippen LogP contribution in [0.3, 0.4) is 0 Å². The first kappa shape index (κ1) is 17.6. The molecular weight excluding hydrogens is 252 g/mol. The van der Waals surface area contributed by atoms with Crippen molar-refractivity contribution in [1.82, 2.24) is 0 Å². The van der Waals surface area contributed by atoms with Crippen molar-refractivity contribution < 1.29 is 29.0 Å². The summed E-state index contributed by atoms with van der Waals surface area (Å²) in [7, 11) is 0. The quantitative estimate of drug-likeness (QED) is 0.383. The van der Waals surface area contributed by atoms with Crippen molar-refractivity contribution in [2.45, 2.75) is 52.1 Å². The number of ketones is 1. The lowest BCUT2D eigenvalue weighted by molar-refractivity contribution is -0.175. The fourth-order valence-corrected chi connectivity index (χ4v) is 1.39. The minimum Gasteiger partial charge on any atom is -0.466 e. The van der Waals surface area contributed by atoms with Crippen LogP contribution in [0, 0.1) is 0 Å². The summed E-state index contributed by atoms with van der Waals surface area (Å²) in [5, 5.41) is 9.94. The highest BCUT2D eigenvalue weighted by molar-refractivity contribution is 6.08. The van der Waals surface area contributed by atoms with Crippen LogP contribution in [0.2, 0.25) is 0 Å². The molecule has 1 N–H and O–H groups in total. The van der Waals surface area contributed by atoms with Crippen LogP contribution in [-0.2, 0) is 23.9 Å². The lowest BCUT2D eigenvalue weighted by Gasteiger charge is -2.21. The van der Waals surface area contributed by atoms with E-state index in [0.717, 1.165) is 19.8 Å². The van der Waals surface area contributed by atoms with Crippen molar-refractivity contribution in [2.24, 2.45) is 0 Å². The summed E-state index contributed by atoms with van der Waals surface area (Å²) < 4.78 is 9.45. The number of esters is 2. The van der Waals surface area contributed by atoms with Crippen LogP contribution >= 0.6 is 0 Å². The summed E-state index contributed by atoms with van der Waals surface area (Å²) in [4.78, 5) is 34.3. The van der Waals surface area contributed by atoms with E-state index in [1.54, 1.807) is 6.92 Å². The number of carbonyl (C=O) groups excluding carboxylic acids is 3. The Morgan fingerprint density at radius 1 is 1.11 bits per heavy atom. The molecule has 0 bridgehead atoms. The highest BCUT2D eigenvalue weighted by Gasteiger charge is 2.45. The molecule has 110 valence electrons. The van der Waals surface area contributed by atoms with Crippen molar-refractivity contribution in [2.75, 3.05) is 13.2 Å². The monoisotopic (exact) mass is 274 g/mol. The number of aliphatic hydroxyl groups is 1. The number of Topliss-reactive ketones (excluding diaryl/α,β-unsaturated/α-hetero) is 1. The first-order valence-corrected chi connectivity index (χ1v) is 6.44. The molecule has 0 aliphatic carbocycles. The molecule has 0 aliphatic rings. The van der Waals surface area contributed by atoms with Gasteiger partial charge in [0.05, 0.1) is 19.6 Å². The van der Waals surface area contributed by atoms with Crippen molar-refractivity contribution >= 4 is 17.7 Å². The molecule has 0 aliphatic heterocycles. The smallest absolute Gasteiger partial charge is 0.346 e. The van der Waals surface area contributed by atoms with Gasteiger partial charge in [0, 0.05) is 0 Å². The Morgan fingerprint density at radius 3 is 2.21 bits per heavy atom. The summed E-state index contributed by atoms with van der Waals surface area (Å²) in [5.74, 6) is -2.74. The normalized spacial score (nSPS) is 13.5. The predicted molar refractivity (Wildman–Crippen MR) is 67.4 cm³/mol. The maximum atomic E-state index is 11.5. The lowest BCUT2D eigenvalue weighted by atomic mass is 9.95. The number of hydrogen-bond acceptors (Lipinski definition) is 6. The molecule has 0 rings (SSSR count).